The van der Waals surface area contributed by atoms with Gasteiger partial charge in [-0.05, 0) is 56.2 Å². The zero-order valence-electron chi connectivity index (χ0n) is 13.3. The monoisotopic (exact) mass is 326 g/mol. The van der Waals surface area contributed by atoms with Crippen molar-refractivity contribution in [2.75, 3.05) is 6.54 Å². The van der Waals surface area contributed by atoms with E-state index in [9.17, 15) is 0 Å². The minimum Gasteiger partial charge on any atom is -0.313 e. The summed E-state index contributed by atoms with van der Waals surface area (Å²) in [7, 11) is 0. The predicted molar refractivity (Wildman–Crippen MR) is 93.2 cm³/mol. The topological polar surface area (TPSA) is 24.9 Å². The molecule has 118 valence electrons. The Balaban J connectivity index is 2.07. The van der Waals surface area contributed by atoms with E-state index in [1.807, 2.05) is 30.1 Å². The van der Waals surface area contributed by atoms with Crippen LogP contribution in [-0.2, 0) is 0 Å². The minimum atomic E-state index is 0.574. The number of thioether (sulfide) groups is 1. The zero-order valence-corrected chi connectivity index (χ0v) is 14.9. The second-order valence-corrected chi connectivity index (χ2v) is 7.96. The van der Waals surface area contributed by atoms with Crippen molar-refractivity contribution in [3.8, 4) is 0 Å². The molecule has 1 aromatic rings. The third-order valence-electron chi connectivity index (χ3n) is 4.42. The number of nitrogens with one attached hydrogen (secondary N) is 1. The van der Waals surface area contributed by atoms with Gasteiger partial charge in [0.05, 0.1) is 5.02 Å². The lowest BCUT2D eigenvalue weighted by molar-refractivity contribution is 0.246. The Labute approximate surface area is 138 Å². The van der Waals surface area contributed by atoms with Gasteiger partial charge in [-0.25, -0.2) is 4.98 Å². The van der Waals surface area contributed by atoms with Crippen LogP contribution >= 0.6 is 23.4 Å². The summed E-state index contributed by atoms with van der Waals surface area (Å²) in [4.78, 5) is 4.46. The fourth-order valence-electron chi connectivity index (χ4n) is 3.06. The molecule has 0 amide bonds. The molecular formula is C17H27ClN2S. The highest BCUT2D eigenvalue weighted by molar-refractivity contribution is 8.00. The van der Waals surface area contributed by atoms with Crippen LogP contribution in [0.1, 0.15) is 46.5 Å². The van der Waals surface area contributed by atoms with Gasteiger partial charge in [-0.3, -0.25) is 0 Å². The number of hydrogen-bond donors (Lipinski definition) is 1. The maximum Gasteiger partial charge on any atom is 0.115 e. The van der Waals surface area contributed by atoms with E-state index in [0.29, 0.717) is 11.3 Å². The van der Waals surface area contributed by atoms with E-state index < -0.39 is 0 Å². The van der Waals surface area contributed by atoms with E-state index in [2.05, 4.69) is 31.1 Å². The number of nitrogens with zero attached hydrogens (tertiary/aromatic N) is 1. The summed E-state index contributed by atoms with van der Waals surface area (Å²) in [5.74, 6) is 1.59. The summed E-state index contributed by atoms with van der Waals surface area (Å²) in [6.45, 7) is 8.02. The fraction of sp³-hybridized carbons (Fsp3) is 0.706. The Kier molecular flexibility index (Phi) is 6.84. The smallest absolute Gasteiger partial charge is 0.115 e. The van der Waals surface area contributed by atoms with Gasteiger partial charge in [0.2, 0.25) is 0 Å². The average Bonchev–Trinajstić information content (AvgIpc) is 2.48. The molecule has 2 rings (SSSR count). The van der Waals surface area contributed by atoms with Crippen molar-refractivity contribution < 1.29 is 0 Å². The fourth-order valence-corrected chi connectivity index (χ4v) is 4.64. The number of rotatable bonds is 6. The van der Waals surface area contributed by atoms with Gasteiger partial charge < -0.3 is 5.32 Å². The molecule has 0 aromatic carbocycles. The van der Waals surface area contributed by atoms with Crippen LogP contribution in [0.3, 0.4) is 0 Å². The van der Waals surface area contributed by atoms with Crippen LogP contribution in [0.2, 0.25) is 5.02 Å². The maximum absolute atomic E-state index is 6.29. The Bertz CT molecular complexity index is 439. The second kappa shape index (κ2) is 8.40. The molecule has 3 atom stereocenters. The van der Waals surface area contributed by atoms with Crippen molar-refractivity contribution in [2.24, 2.45) is 11.8 Å². The minimum absolute atomic E-state index is 0.574. The summed E-state index contributed by atoms with van der Waals surface area (Å²) in [6, 6.07) is 4.42. The highest BCUT2D eigenvalue weighted by Crippen LogP contribution is 2.40. The first kappa shape index (κ1) is 17.1. The van der Waals surface area contributed by atoms with Crippen LogP contribution in [0, 0.1) is 11.8 Å². The van der Waals surface area contributed by atoms with Crippen LogP contribution in [0.4, 0.5) is 0 Å². The van der Waals surface area contributed by atoms with E-state index >= 15 is 0 Å². The van der Waals surface area contributed by atoms with Crippen LogP contribution in [-0.4, -0.2) is 22.8 Å². The molecule has 2 nitrogen and oxygen atoms in total. The largest absolute Gasteiger partial charge is 0.313 e. The second-order valence-electron chi connectivity index (χ2n) is 6.32. The van der Waals surface area contributed by atoms with Crippen molar-refractivity contribution in [2.45, 2.75) is 62.8 Å². The molecule has 0 spiro atoms. The van der Waals surface area contributed by atoms with Crippen LogP contribution in [0.25, 0.3) is 0 Å². The van der Waals surface area contributed by atoms with E-state index in [1.165, 1.54) is 25.7 Å². The van der Waals surface area contributed by atoms with Gasteiger partial charge in [-0.2, -0.15) is 0 Å². The first-order chi connectivity index (χ1) is 10.1. The van der Waals surface area contributed by atoms with Crippen LogP contribution < -0.4 is 5.32 Å². The van der Waals surface area contributed by atoms with Crippen LogP contribution in [0.5, 0.6) is 0 Å². The average molecular weight is 327 g/mol. The summed E-state index contributed by atoms with van der Waals surface area (Å²) >= 11 is 8.16. The summed E-state index contributed by atoms with van der Waals surface area (Å²) in [5.41, 5.74) is 0. The van der Waals surface area contributed by atoms with Crippen molar-refractivity contribution >= 4 is 23.4 Å². The summed E-state index contributed by atoms with van der Waals surface area (Å²) in [6.07, 6.45) is 6.89. The van der Waals surface area contributed by atoms with Gasteiger partial charge in [0, 0.05) is 17.5 Å². The molecule has 1 fully saturated rings. The van der Waals surface area contributed by atoms with E-state index in [0.717, 1.165) is 28.4 Å². The molecule has 0 bridgehead atoms. The molecule has 3 unspecified atom stereocenters. The molecule has 0 radical (unpaired) electrons. The van der Waals surface area contributed by atoms with Crippen LogP contribution in [0.15, 0.2) is 23.4 Å². The van der Waals surface area contributed by atoms with Gasteiger partial charge >= 0.3 is 0 Å². The van der Waals surface area contributed by atoms with Gasteiger partial charge in [0.15, 0.2) is 0 Å². The molecule has 1 N–H and O–H groups in total. The molecule has 1 heterocycles. The quantitative estimate of drug-likeness (QED) is 0.794. The number of pyridine rings is 1. The summed E-state index contributed by atoms with van der Waals surface area (Å²) in [5, 5.41) is 6.07. The lowest BCUT2D eigenvalue weighted by atomic mass is 9.79. The van der Waals surface area contributed by atoms with E-state index in [-0.39, 0.29) is 0 Å². The molecule has 0 aliphatic heterocycles. The van der Waals surface area contributed by atoms with Gasteiger partial charge in [0.25, 0.3) is 0 Å². The highest BCUT2D eigenvalue weighted by atomic mass is 35.5. The molecule has 21 heavy (non-hydrogen) atoms. The van der Waals surface area contributed by atoms with E-state index in [1.54, 1.807) is 0 Å². The molecule has 4 heteroatoms. The van der Waals surface area contributed by atoms with Crippen molar-refractivity contribution in [3.05, 3.63) is 23.4 Å². The maximum atomic E-state index is 6.29. The normalized spacial score (nSPS) is 26.2. The lowest BCUT2D eigenvalue weighted by Gasteiger charge is -2.38. The highest BCUT2D eigenvalue weighted by Gasteiger charge is 2.32. The number of aromatic nitrogens is 1. The molecule has 0 saturated heterocycles. The van der Waals surface area contributed by atoms with Crippen molar-refractivity contribution in [3.63, 3.8) is 0 Å². The van der Waals surface area contributed by atoms with Gasteiger partial charge in [-0.1, -0.05) is 44.1 Å². The van der Waals surface area contributed by atoms with Crippen molar-refractivity contribution in [1.82, 2.24) is 10.3 Å². The van der Waals surface area contributed by atoms with Crippen molar-refractivity contribution in [1.29, 1.82) is 0 Å². The van der Waals surface area contributed by atoms with Gasteiger partial charge in [0.1, 0.15) is 5.03 Å². The lowest BCUT2D eigenvalue weighted by Crippen LogP contribution is -2.43. The Morgan fingerprint density at radius 2 is 2.24 bits per heavy atom. The number of halogens is 1. The molecular weight excluding hydrogens is 300 g/mol. The van der Waals surface area contributed by atoms with E-state index in [4.69, 9.17) is 11.6 Å². The first-order valence-electron chi connectivity index (χ1n) is 8.12. The molecule has 1 aromatic heterocycles. The molecule has 1 aliphatic carbocycles. The standard InChI is InChI=1S/C17H27ClN2S/c1-4-9-19-15-8-7-13(12(2)3)11-16(15)21-17-14(18)6-5-10-20-17/h5-6,10,12-13,15-16,19H,4,7-9,11H2,1-3H3. The first-order valence-corrected chi connectivity index (χ1v) is 9.38. The molecule has 1 saturated carbocycles. The van der Waals surface area contributed by atoms with Gasteiger partial charge in [-0.15, -0.1) is 0 Å². The third kappa shape index (κ3) is 4.87. The Hall–Kier alpha value is -0.250. The number of hydrogen-bond acceptors (Lipinski definition) is 3. The predicted octanol–water partition coefficient (Wildman–Crippen LogP) is 5.02. The molecule has 1 aliphatic rings. The Morgan fingerprint density at radius 1 is 1.43 bits per heavy atom. The third-order valence-corrected chi connectivity index (χ3v) is 6.21. The SMILES string of the molecule is CCCNC1CCC(C(C)C)CC1Sc1ncccc1Cl. The summed E-state index contributed by atoms with van der Waals surface area (Å²) < 4.78 is 0. The Morgan fingerprint density at radius 3 is 2.90 bits per heavy atom. The zero-order chi connectivity index (χ0) is 15.2.